The minimum atomic E-state index is -4.45. The molecule has 0 spiro atoms. The lowest BCUT2D eigenvalue weighted by atomic mass is 10.2. The van der Waals surface area contributed by atoms with E-state index in [0.29, 0.717) is 23.2 Å². The van der Waals surface area contributed by atoms with Gasteiger partial charge in [0.25, 0.3) is 0 Å². The number of rotatable bonds is 4. The molecule has 0 aliphatic carbocycles. The first-order valence-electron chi connectivity index (χ1n) is 5.07. The Morgan fingerprint density at radius 3 is 2.50 bits per heavy atom. The molecule has 1 rings (SSSR count). The maximum absolute atomic E-state index is 11.9. The summed E-state index contributed by atoms with van der Waals surface area (Å²) in [6.07, 6.45) is -3.85. The Kier molecular flexibility index (Phi) is 4.10. The number of hydrogen-bond acceptors (Lipinski definition) is 3. The molecule has 8 heteroatoms. The largest absolute Gasteiger partial charge is 0.405 e. The number of aldehydes is 1. The third-order valence-corrected chi connectivity index (χ3v) is 2.33. The van der Waals surface area contributed by atoms with Gasteiger partial charge in [-0.2, -0.15) is 18.3 Å². The van der Waals surface area contributed by atoms with Crippen molar-refractivity contribution >= 4 is 12.2 Å². The minimum Gasteiger partial charge on any atom is -0.345 e. The van der Waals surface area contributed by atoms with Gasteiger partial charge in [-0.05, 0) is 13.8 Å². The molecular formula is C10H12F3N3O2. The molecule has 0 fully saturated rings. The fourth-order valence-corrected chi connectivity index (χ4v) is 1.43. The van der Waals surface area contributed by atoms with Crippen molar-refractivity contribution in [3.8, 4) is 0 Å². The highest BCUT2D eigenvalue weighted by Gasteiger charge is 2.27. The van der Waals surface area contributed by atoms with Gasteiger partial charge in [-0.15, -0.1) is 0 Å². The molecule has 100 valence electrons. The maximum Gasteiger partial charge on any atom is 0.405 e. The van der Waals surface area contributed by atoms with E-state index >= 15 is 0 Å². The van der Waals surface area contributed by atoms with Crippen molar-refractivity contribution in [3.05, 3.63) is 17.0 Å². The smallest absolute Gasteiger partial charge is 0.345 e. The van der Waals surface area contributed by atoms with Crippen molar-refractivity contribution in [2.45, 2.75) is 26.6 Å². The summed E-state index contributed by atoms with van der Waals surface area (Å²) in [7, 11) is 0. The summed E-state index contributed by atoms with van der Waals surface area (Å²) in [5.41, 5.74) is 1.23. The van der Waals surface area contributed by atoms with Crippen molar-refractivity contribution in [2.24, 2.45) is 0 Å². The van der Waals surface area contributed by atoms with Crippen LogP contribution in [0, 0.1) is 13.8 Å². The quantitative estimate of drug-likeness (QED) is 0.824. The maximum atomic E-state index is 11.9. The lowest BCUT2D eigenvalue weighted by Gasteiger charge is -2.09. The first kappa shape index (κ1) is 14.2. The minimum absolute atomic E-state index is 0.346. The predicted octanol–water partition coefficient (Wildman–Crippen LogP) is 0.991. The molecule has 1 amide bonds. The van der Waals surface area contributed by atoms with Gasteiger partial charge < -0.3 is 5.32 Å². The molecule has 0 aromatic carbocycles. The van der Waals surface area contributed by atoms with Crippen LogP contribution in [0.1, 0.15) is 21.7 Å². The number of hydrogen-bond donors (Lipinski definition) is 1. The lowest BCUT2D eigenvalue weighted by Crippen LogP contribution is -2.36. The van der Waals surface area contributed by atoms with Crippen LogP contribution in [0.25, 0.3) is 0 Å². The van der Waals surface area contributed by atoms with E-state index in [0.717, 1.165) is 0 Å². The van der Waals surface area contributed by atoms with E-state index in [1.807, 2.05) is 0 Å². The van der Waals surface area contributed by atoms with Crippen molar-refractivity contribution in [2.75, 3.05) is 6.54 Å². The number of carbonyl (C=O) groups is 2. The van der Waals surface area contributed by atoms with Crippen LogP contribution in [-0.2, 0) is 11.3 Å². The van der Waals surface area contributed by atoms with Crippen molar-refractivity contribution in [1.29, 1.82) is 0 Å². The molecule has 0 radical (unpaired) electrons. The zero-order chi connectivity index (χ0) is 13.9. The van der Waals surface area contributed by atoms with Crippen LogP contribution in [0.2, 0.25) is 0 Å². The van der Waals surface area contributed by atoms with Crippen molar-refractivity contribution in [3.63, 3.8) is 0 Å². The van der Waals surface area contributed by atoms with Crippen molar-refractivity contribution in [1.82, 2.24) is 15.1 Å². The number of amides is 1. The number of nitrogens with zero attached hydrogens (tertiary/aromatic N) is 2. The van der Waals surface area contributed by atoms with Crippen LogP contribution in [0.4, 0.5) is 13.2 Å². The van der Waals surface area contributed by atoms with Gasteiger partial charge in [0.1, 0.15) is 13.1 Å². The fourth-order valence-electron chi connectivity index (χ4n) is 1.43. The van der Waals surface area contributed by atoms with Crippen LogP contribution in [0.15, 0.2) is 0 Å². The van der Waals surface area contributed by atoms with Gasteiger partial charge in [0.15, 0.2) is 6.29 Å². The molecule has 5 nitrogen and oxygen atoms in total. The number of nitrogens with one attached hydrogen (secondary N) is 1. The normalized spacial score (nSPS) is 11.4. The van der Waals surface area contributed by atoms with Gasteiger partial charge in [-0.1, -0.05) is 0 Å². The molecule has 1 N–H and O–H groups in total. The number of carbonyl (C=O) groups excluding carboxylic acids is 2. The van der Waals surface area contributed by atoms with Crippen LogP contribution in [0.3, 0.4) is 0 Å². The monoisotopic (exact) mass is 263 g/mol. The molecule has 0 aliphatic rings. The van der Waals surface area contributed by atoms with Crippen LogP contribution in [-0.4, -0.2) is 34.7 Å². The number of aryl methyl sites for hydroxylation is 1. The molecule has 1 aromatic heterocycles. The third kappa shape index (κ3) is 3.57. The first-order valence-corrected chi connectivity index (χ1v) is 5.07. The molecule has 18 heavy (non-hydrogen) atoms. The van der Waals surface area contributed by atoms with E-state index in [1.54, 1.807) is 19.2 Å². The summed E-state index contributed by atoms with van der Waals surface area (Å²) >= 11 is 0. The number of halogens is 3. The van der Waals surface area contributed by atoms with Gasteiger partial charge in [-0.25, -0.2) is 0 Å². The standard InChI is InChI=1S/C10H12F3N3O2/c1-6-8(4-17)7(2)16(15-6)3-9(18)14-5-10(11,12)13/h4H,3,5H2,1-2H3,(H,14,18). The lowest BCUT2D eigenvalue weighted by molar-refractivity contribution is -0.138. The van der Waals surface area contributed by atoms with Gasteiger partial charge in [0, 0.05) is 5.69 Å². The summed E-state index contributed by atoms with van der Waals surface area (Å²) in [4.78, 5) is 22.0. The topological polar surface area (TPSA) is 64.0 Å². The van der Waals surface area contributed by atoms with Gasteiger partial charge in [-0.3, -0.25) is 14.3 Å². The third-order valence-electron chi connectivity index (χ3n) is 2.33. The molecule has 0 atom stereocenters. The van der Waals surface area contributed by atoms with Crippen LogP contribution >= 0.6 is 0 Å². The molecular weight excluding hydrogens is 251 g/mol. The summed E-state index contributed by atoms with van der Waals surface area (Å²) in [6.45, 7) is 1.42. The van der Waals surface area contributed by atoms with Gasteiger partial charge in [0.05, 0.1) is 11.3 Å². The summed E-state index contributed by atoms with van der Waals surface area (Å²) in [5.74, 6) is -0.810. The Bertz CT molecular complexity index is 466. The Hall–Kier alpha value is -1.86. The van der Waals surface area contributed by atoms with E-state index < -0.39 is 18.6 Å². The van der Waals surface area contributed by atoms with Gasteiger partial charge in [0.2, 0.25) is 5.91 Å². The van der Waals surface area contributed by atoms with Crippen LogP contribution in [0.5, 0.6) is 0 Å². The Morgan fingerprint density at radius 2 is 2.06 bits per heavy atom. The average Bonchev–Trinajstić information content (AvgIpc) is 2.50. The fraction of sp³-hybridized carbons (Fsp3) is 0.500. The highest BCUT2D eigenvalue weighted by atomic mass is 19.4. The van der Waals surface area contributed by atoms with Gasteiger partial charge >= 0.3 is 6.18 Å². The number of aromatic nitrogens is 2. The predicted molar refractivity (Wildman–Crippen MR) is 56.2 cm³/mol. The molecule has 0 saturated carbocycles. The highest BCUT2D eigenvalue weighted by Crippen LogP contribution is 2.12. The Labute approximate surface area is 101 Å². The number of alkyl halides is 3. The van der Waals surface area contributed by atoms with E-state index in [-0.39, 0.29) is 6.54 Å². The molecule has 0 saturated heterocycles. The van der Waals surface area contributed by atoms with Crippen LogP contribution < -0.4 is 5.32 Å². The molecule has 0 aliphatic heterocycles. The molecule has 0 unspecified atom stereocenters. The molecule has 1 heterocycles. The Balaban J connectivity index is 2.68. The van der Waals surface area contributed by atoms with E-state index in [4.69, 9.17) is 0 Å². The Morgan fingerprint density at radius 1 is 1.44 bits per heavy atom. The zero-order valence-electron chi connectivity index (χ0n) is 9.84. The SMILES string of the molecule is Cc1nn(CC(=O)NCC(F)(F)F)c(C)c1C=O. The second-order valence-electron chi connectivity index (χ2n) is 3.75. The van der Waals surface area contributed by atoms with E-state index in [9.17, 15) is 22.8 Å². The zero-order valence-corrected chi connectivity index (χ0v) is 9.84. The summed E-state index contributed by atoms with van der Waals surface area (Å²) in [6, 6.07) is 0. The average molecular weight is 263 g/mol. The second kappa shape index (κ2) is 5.19. The van der Waals surface area contributed by atoms with E-state index in [1.165, 1.54) is 4.68 Å². The second-order valence-corrected chi connectivity index (χ2v) is 3.75. The first-order chi connectivity index (χ1) is 8.24. The van der Waals surface area contributed by atoms with E-state index in [2.05, 4.69) is 5.10 Å². The highest BCUT2D eigenvalue weighted by molar-refractivity contribution is 5.79. The molecule has 1 aromatic rings. The summed E-state index contributed by atoms with van der Waals surface area (Å²) < 4.78 is 36.8. The van der Waals surface area contributed by atoms with Crippen molar-refractivity contribution < 1.29 is 22.8 Å². The molecule has 0 bridgehead atoms. The summed E-state index contributed by atoms with van der Waals surface area (Å²) in [5, 5.41) is 5.64.